The van der Waals surface area contributed by atoms with Crippen molar-refractivity contribution >= 4 is 65.3 Å². The molecule has 12 aromatic rings. The second-order valence-electron chi connectivity index (χ2n) is 14.8. The molecule has 0 fully saturated rings. The third-order valence-corrected chi connectivity index (χ3v) is 11.4. The van der Waals surface area contributed by atoms with Crippen LogP contribution in [0.25, 0.3) is 116 Å². The van der Waals surface area contributed by atoms with Crippen LogP contribution in [0, 0.1) is 0 Å². The van der Waals surface area contributed by atoms with Gasteiger partial charge in [-0.2, -0.15) is 0 Å². The fourth-order valence-electron chi connectivity index (χ4n) is 8.61. The van der Waals surface area contributed by atoms with Crippen LogP contribution >= 0.6 is 0 Å². The first-order valence-electron chi connectivity index (χ1n) is 19.5. The van der Waals surface area contributed by atoms with Crippen molar-refractivity contribution in [1.82, 2.24) is 19.5 Å². The third kappa shape index (κ3) is 5.14. The van der Waals surface area contributed by atoms with E-state index in [9.17, 15) is 0 Å². The van der Waals surface area contributed by atoms with Gasteiger partial charge in [0.25, 0.3) is 0 Å². The van der Waals surface area contributed by atoms with Gasteiger partial charge in [-0.05, 0) is 57.6 Å². The molecule has 0 saturated carbocycles. The standard InChI is InChI=1S/C53H32N4O/c1-2-11-33(12-3-1)35-21-24-37(25-22-35)51-54-52(39-26-23-34-13-4-5-15-38(34)31-39)56-53(55-51)40-28-29-43-45-18-10-20-47(50(45)58-48(43)32-40)57-46-19-9-8-17-42(46)44-30-27-36-14-6-7-16-41(36)49(44)57/h1-32H. The van der Waals surface area contributed by atoms with Gasteiger partial charge in [-0.15, -0.1) is 0 Å². The van der Waals surface area contributed by atoms with E-state index in [-0.39, 0.29) is 0 Å². The largest absolute Gasteiger partial charge is 0.454 e. The van der Waals surface area contributed by atoms with Gasteiger partial charge in [0.1, 0.15) is 5.58 Å². The molecule has 0 radical (unpaired) electrons. The van der Waals surface area contributed by atoms with E-state index in [0.717, 1.165) is 66.3 Å². The number of para-hydroxylation sites is 2. The highest BCUT2D eigenvalue weighted by molar-refractivity contribution is 6.19. The van der Waals surface area contributed by atoms with Gasteiger partial charge < -0.3 is 8.98 Å². The van der Waals surface area contributed by atoms with Crippen LogP contribution in [0.4, 0.5) is 0 Å². The average Bonchev–Trinajstić information content (AvgIpc) is 3.85. The van der Waals surface area contributed by atoms with Gasteiger partial charge in [0.15, 0.2) is 23.1 Å². The number of hydrogen-bond donors (Lipinski definition) is 0. The summed E-state index contributed by atoms with van der Waals surface area (Å²) in [5.74, 6) is 1.80. The van der Waals surface area contributed by atoms with Gasteiger partial charge in [0, 0.05) is 43.6 Å². The molecule has 0 N–H and O–H groups in total. The van der Waals surface area contributed by atoms with Gasteiger partial charge in [-0.3, -0.25) is 0 Å². The monoisotopic (exact) mass is 740 g/mol. The topological polar surface area (TPSA) is 56.7 Å². The molecule has 0 aliphatic heterocycles. The average molecular weight is 741 g/mol. The molecule has 0 aliphatic rings. The maximum atomic E-state index is 6.92. The minimum absolute atomic E-state index is 0.580. The molecule has 5 nitrogen and oxygen atoms in total. The van der Waals surface area contributed by atoms with Crippen LogP contribution in [0.3, 0.4) is 0 Å². The van der Waals surface area contributed by atoms with Crippen LogP contribution in [-0.2, 0) is 0 Å². The molecule has 0 unspecified atom stereocenters. The lowest BCUT2D eigenvalue weighted by molar-refractivity contribution is 0.666. The van der Waals surface area contributed by atoms with Crippen molar-refractivity contribution in [2.45, 2.75) is 0 Å². The van der Waals surface area contributed by atoms with E-state index < -0.39 is 0 Å². The Balaban J connectivity index is 1.04. The van der Waals surface area contributed by atoms with Gasteiger partial charge in [-0.25, -0.2) is 15.0 Å². The molecule has 5 heteroatoms. The maximum absolute atomic E-state index is 6.92. The summed E-state index contributed by atoms with van der Waals surface area (Å²) in [4.78, 5) is 15.3. The Kier molecular flexibility index (Phi) is 7.16. The fourth-order valence-corrected chi connectivity index (χ4v) is 8.61. The van der Waals surface area contributed by atoms with Crippen molar-refractivity contribution in [2.75, 3.05) is 0 Å². The van der Waals surface area contributed by atoms with E-state index in [1.54, 1.807) is 0 Å². The summed E-state index contributed by atoms with van der Waals surface area (Å²) in [5, 5.41) is 9.21. The molecule has 3 heterocycles. The lowest BCUT2D eigenvalue weighted by atomic mass is 10.0. The number of fused-ring (bicyclic) bond motifs is 9. The second kappa shape index (κ2) is 12.8. The second-order valence-corrected chi connectivity index (χ2v) is 14.8. The van der Waals surface area contributed by atoms with Crippen LogP contribution in [0.2, 0.25) is 0 Å². The third-order valence-electron chi connectivity index (χ3n) is 11.4. The minimum atomic E-state index is 0.580. The van der Waals surface area contributed by atoms with Crippen molar-refractivity contribution < 1.29 is 4.42 Å². The van der Waals surface area contributed by atoms with Crippen molar-refractivity contribution in [2.24, 2.45) is 0 Å². The first-order chi connectivity index (χ1) is 28.7. The van der Waals surface area contributed by atoms with Crippen LogP contribution in [0.15, 0.2) is 199 Å². The SMILES string of the molecule is c1ccc(-c2ccc(-c3nc(-c4ccc5ccccc5c4)nc(-c4ccc5c(c4)oc4c(-n6c7ccccc7c7ccc8ccccc8c76)cccc45)n3)cc2)cc1. The van der Waals surface area contributed by atoms with E-state index in [0.29, 0.717) is 17.5 Å². The Hall–Kier alpha value is -7.89. The summed E-state index contributed by atoms with van der Waals surface area (Å²) in [6, 6.07) is 68.0. The molecule has 3 aromatic heterocycles. The Morgan fingerprint density at radius 1 is 0.345 bits per heavy atom. The fraction of sp³-hybridized carbons (Fsp3) is 0. The van der Waals surface area contributed by atoms with E-state index in [4.69, 9.17) is 19.4 Å². The molecule has 58 heavy (non-hydrogen) atoms. The van der Waals surface area contributed by atoms with Crippen LogP contribution in [0.5, 0.6) is 0 Å². The highest BCUT2D eigenvalue weighted by atomic mass is 16.3. The predicted octanol–water partition coefficient (Wildman–Crippen LogP) is 13.8. The molecule has 0 aliphatic carbocycles. The minimum Gasteiger partial charge on any atom is -0.454 e. The highest BCUT2D eigenvalue weighted by Crippen LogP contribution is 2.41. The predicted molar refractivity (Wildman–Crippen MR) is 238 cm³/mol. The first-order valence-corrected chi connectivity index (χ1v) is 19.5. The summed E-state index contributed by atoms with van der Waals surface area (Å²) in [6.07, 6.45) is 0. The zero-order chi connectivity index (χ0) is 38.2. The van der Waals surface area contributed by atoms with Crippen molar-refractivity contribution in [3.8, 4) is 51.0 Å². The number of benzene rings is 9. The Morgan fingerprint density at radius 2 is 0.914 bits per heavy atom. The molecule has 0 bridgehead atoms. The van der Waals surface area contributed by atoms with Crippen LogP contribution in [-0.4, -0.2) is 19.5 Å². The summed E-state index contributed by atoms with van der Waals surface area (Å²) >= 11 is 0. The number of aromatic nitrogens is 4. The molecule has 0 saturated heterocycles. The number of furan rings is 1. The number of rotatable bonds is 5. The lowest BCUT2D eigenvalue weighted by Gasteiger charge is -2.10. The molecule has 0 spiro atoms. The molecule has 0 amide bonds. The van der Waals surface area contributed by atoms with Gasteiger partial charge in [-0.1, -0.05) is 164 Å². The molecular weight excluding hydrogens is 709 g/mol. The normalized spacial score (nSPS) is 11.8. The van der Waals surface area contributed by atoms with Crippen molar-refractivity contribution in [3.05, 3.63) is 194 Å². The van der Waals surface area contributed by atoms with E-state index in [1.165, 1.54) is 32.4 Å². The zero-order valence-corrected chi connectivity index (χ0v) is 31.2. The summed E-state index contributed by atoms with van der Waals surface area (Å²) in [5.41, 5.74) is 9.90. The van der Waals surface area contributed by atoms with Crippen molar-refractivity contribution in [1.29, 1.82) is 0 Å². The Morgan fingerprint density at radius 3 is 1.74 bits per heavy atom. The van der Waals surface area contributed by atoms with Gasteiger partial charge in [0.2, 0.25) is 0 Å². The van der Waals surface area contributed by atoms with Gasteiger partial charge >= 0.3 is 0 Å². The zero-order valence-electron chi connectivity index (χ0n) is 31.2. The molecule has 12 rings (SSSR count). The number of nitrogens with zero attached hydrogens (tertiary/aromatic N) is 4. The lowest BCUT2D eigenvalue weighted by Crippen LogP contribution is -2.00. The molecule has 0 atom stereocenters. The summed E-state index contributed by atoms with van der Waals surface area (Å²) in [6.45, 7) is 0. The molecule has 270 valence electrons. The highest BCUT2D eigenvalue weighted by Gasteiger charge is 2.20. The van der Waals surface area contributed by atoms with E-state index in [2.05, 4.69) is 193 Å². The van der Waals surface area contributed by atoms with Gasteiger partial charge in [0.05, 0.1) is 16.7 Å². The van der Waals surface area contributed by atoms with Crippen LogP contribution < -0.4 is 0 Å². The Labute approximate surface area is 333 Å². The first kappa shape index (κ1) is 32.4. The summed E-state index contributed by atoms with van der Waals surface area (Å²) in [7, 11) is 0. The van der Waals surface area contributed by atoms with E-state index >= 15 is 0 Å². The van der Waals surface area contributed by atoms with Crippen LogP contribution in [0.1, 0.15) is 0 Å². The quantitative estimate of drug-likeness (QED) is 0.176. The molecule has 9 aromatic carbocycles. The summed E-state index contributed by atoms with van der Waals surface area (Å²) < 4.78 is 9.29. The van der Waals surface area contributed by atoms with Crippen molar-refractivity contribution in [3.63, 3.8) is 0 Å². The maximum Gasteiger partial charge on any atom is 0.164 e. The number of hydrogen-bond acceptors (Lipinski definition) is 4. The smallest absolute Gasteiger partial charge is 0.164 e. The molecular formula is C53H32N4O. The van der Waals surface area contributed by atoms with E-state index in [1.807, 2.05) is 6.07 Å². The Bertz CT molecular complexity index is 3560.